The van der Waals surface area contributed by atoms with Gasteiger partial charge in [-0.2, -0.15) is 0 Å². The predicted octanol–water partition coefficient (Wildman–Crippen LogP) is 5.64. The molecule has 2 N–H and O–H groups in total. The number of carboxylic acid groups (broad SMARTS) is 1. The average Bonchev–Trinajstić information content (AvgIpc) is 2.52. The number of rotatable bonds is 16. The smallest absolute Gasteiger partial charge is 0.328 e. The van der Waals surface area contributed by atoms with E-state index < -0.39 is 5.97 Å². The molecule has 0 amide bonds. The van der Waals surface area contributed by atoms with Crippen molar-refractivity contribution < 1.29 is 15.0 Å². The van der Waals surface area contributed by atoms with Gasteiger partial charge in [0.25, 0.3) is 0 Å². The van der Waals surface area contributed by atoms with Crippen molar-refractivity contribution in [3.05, 3.63) is 24.3 Å². The lowest BCUT2D eigenvalue weighted by molar-refractivity contribution is -0.131. The zero-order valence-electron chi connectivity index (χ0n) is 14.9. The lowest BCUT2D eigenvalue weighted by Crippen LogP contribution is -2.05. The topological polar surface area (TPSA) is 57.5 Å². The molecule has 3 heteroatoms. The van der Waals surface area contributed by atoms with Crippen molar-refractivity contribution >= 4 is 5.97 Å². The van der Waals surface area contributed by atoms with Crippen molar-refractivity contribution in [3.8, 4) is 0 Å². The molecular weight excluding hydrogens is 288 g/mol. The van der Waals surface area contributed by atoms with E-state index in [4.69, 9.17) is 5.11 Å². The molecule has 0 aromatic heterocycles. The van der Waals surface area contributed by atoms with E-state index in [0.29, 0.717) is 0 Å². The van der Waals surface area contributed by atoms with Crippen LogP contribution in [0.3, 0.4) is 0 Å². The van der Waals surface area contributed by atoms with Gasteiger partial charge in [0, 0.05) is 6.08 Å². The van der Waals surface area contributed by atoms with E-state index in [1.807, 2.05) is 6.08 Å². The summed E-state index contributed by atoms with van der Waals surface area (Å²) in [5.74, 6) is -0.902. The van der Waals surface area contributed by atoms with E-state index in [2.05, 4.69) is 6.92 Å². The van der Waals surface area contributed by atoms with Crippen molar-refractivity contribution in [2.75, 3.05) is 0 Å². The zero-order valence-corrected chi connectivity index (χ0v) is 14.9. The fourth-order valence-electron chi connectivity index (χ4n) is 2.61. The van der Waals surface area contributed by atoms with Crippen LogP contribution in [0.4, 0.5) is 0 Å². The molecular formula is C20H36O3. The maximum atomic E-state index is 10.2. The van der Waals surface area contributed by atoms with Gasteiger partial charge in [-0.15, -0.1) is 0 Å². The number of aliphatic hydroxyl groups is 1. The summed E-state index contributed by atoms with van der Waals surface area (Å²) < 4.78 is 0. The van der Waals surface area contributed by atoms with Crippen LogP contribution >= 0.6 is 0 Å². The predicted molar refractivity (Wildman–Crippen MR) is 97.6 cm³/mol. The number of hydrogen-bond acceptors (Lipinski definition) is 2. The summed E-state index contributed by atoms with van der Waals surface area (Å²) >= 11 is 0. The monoisotopic (exact) mass is 324 g/mol. The molecule has 0 aliphatic rings. The molecule has 1 unspecified atom stereocenters. The quantitative estimate of drug-likeness (QED) is 0.219. The van der Waals surface area contributed by atoms with Crippen LogP contribution in [0, 0.1) is 0 Å². The lowest BCUT2D eigenvalue weighted by atomic mass is 10.0. The summed E-state index contributed by atoms with van der Waals surface area (Å²) in [6, 6.07) is 0. The van der Waals surface area contributed by atoms with E-state index in [9.17, 15) is 9.90 Å². The fraction of sp³-hybridized carbons (Fsp3) is 0.750. The molecule has 0 aliphatic carbocycles. The molecule has 0 aliphatic heterocycles. The molecule has 134 valence electrons. The average molecular weight is 325 g/mol. The highest BCUT2D eigenvalue weighted by Crippen LogP contribution is 2.13. The van der Waals surface area contributed by atoms with Crippen molar-refractivity contribution in [1.82, 2.24) is 0 Å². The molecule has 0 saturated heterocycles. The molecule has 0 bridgehead atoms. The van der Waals surface area contributed by atoms with Crippen LogP contribution < -0.4 is 0 Å². The second-order valence-electron chi connectivity index (χ2n) is 6.33. The number of unbranched alkanes of at least 4 members (excludes halogenated alkanes) is 9. The van der Waals surface area contributed by atoms with Gasteiger partial charge in [0.05, 0.1) is 6.10 Å². The van der Waals surface area contributed by atoms with Gasteiger partial charge >= 0.3 is 5.97 Å². The van der Waals surface area contributed by atoms with E-state index in [1.54, 1.807) is 12.2 Å². The number of hydrogen-bond donors (Lipinski definition) is 2. The van der Waals surface area contributed by atoms with Crippen LogP contribution in [-0.2, 0) is 4.79 Å². The minimum Gasteiger partial charge on any atom is -0.478 e. The molecule has 0 saturated carbocycles. The van der Waals surface area contributed by atoms with Gasteiger partial charge in [-0.25, -0.2) is 4.79 Å². The van der Waals surface area contributed by atoms with Crippen LogP contribution in [0.2, 0.25) is 0 Å². The Morgan fingerprint density at radius 1 is 0.870 bits per heavy atom. The minimum atomic E-state index is -0.902. The molecule has 0 aromatic carbocycles. The Morgan fingerprint density at radius 3 is 2.04 bits per heavy atom. The first-order valence-corrected chi connectivity index (χ1v) is 9.41. The molecule has 0 radical (unpaired) electrons. The van der Waals surface area contributed by atoms with Gasteiger partial charge in [0.2, 0.25) is 0 Å². The van der Waals surface area contributed by atoms with Gasteiger partial charge in [-0.1, -0.05) is 82.9 Å². The third kappa shape index (κ3) is 18.9. The summed E-state index contributed by atoms with van der Waals surface area (Å²) in [4.78, 5) is 10.2. The highest BCUT2D eigenvalue weighted by molar-refractivity contribution is 5.80. The third-order valence-corrected chi connectivity index (χ3v) is 4.04. The minimum absolute atomic E-state index is 0.0872. The number of allylic oxidation sites excluding steroid dienone is 3. The Balaban J connectivity index is 3.25. The fourth-order valence-corrected chi connectivity index (χ4v) is 2.61. The molecule has 1 atom stereocenters. The van der Waals surface area contributed by atoms with Crippen molar-refractivity contribution in [2.45, 2.75) is 96.5 Å². The van der Waals surface area contributed by atoms with Crippen LogP contribution in [0.5, 0.6) is 0 Å². The summed E-state index contributed by atoms with van der Waals surface area (Å²) in [6.45, 7) is 2.21. The SMILES string of the molecule is CCCCCCC(O)CCCCCCCC/C=C/C=C\C(=O)O. The molecule has 0 aromatic rings. The Bertz CT molecular complexity index is 321. The van der Waals surface area contributed by atoms with Crippen LogP contribution in [-0.4, -0.2) is 22.3 Å². The Labute approximate surface area is 142 Å². The van der Waals surface area contributed by atoms with Crippen LogP contribution in [0.15, 0.2) is 24.3 Å². The van der Waals surface area contributed by atoms with Gasteiger partial charge in [0.15, 0.2) is 0 Å². The molecule has 0 fully saturated rings. The highest BCUT2D eigenvalue weighted by Gasteiger charge is 2.03. The van der Waals surface area contributed by atoms with E-state index in [0.717, 1.165) is 38.2 Å². The van der Waals surface area contributed by atoms with Gasteiger partial charge in [0.1, 0.15) is 0 Å². The first-order valence-electron chi connectivity index (χ1n) is 9.41. The normalized spacial score (nSPS) is 13.1. The number of aliphatic carboxylic acids is 1. The zero-order chi connectivity index (χ0) is 17.2. The van der Waals surface area contributed by atoms with Crippen molar-refractivity contribution in [3.63, 3.8) is 0 Å². The van der Waals surface area contributed by atoms with Gasteiger partial charge in [-0.05, 0) is 25.7 Å². The number of aliphatic hydroxyl groups excluding tert-OH is 1. The Kier molecular flexibility index (Phi) is 16.4. The lowest BCUT2D eigenvalue weighted by Gasteiger charge is -2.09. The second-order valence-corrected chi connectivity index (χ2v) is 6.33. The van der Waals surface area contributed by atoms with Crippen molar-refractivity contribution in [1.29, 1.82) is 0 Å². The Hall–Kier alpha value is -1.09. The number of carbonyl (C=O) groups is 1. The summed E-state index contributed by atoms with van der Waals surface area (Å²) in [5, 5.41) is 18.3. The van der Waals surface area contributed by atoms with Crippen molar-refractivity contribution in [2.24, 2.45) is 0 Å². The van der Waals surface area contributed by atoms with E-state index in [-0.39, 0.29) is 6.10 Å². The van der Waals surface area contributed by atoms with Crippen LogP contribution in [0.25, 0.3) is 0 Å². The molecule has 0 spiro atoms. The maximum Gasteiger partial charge on any atom is 0.328 e. The molecule has 0 rings (SSSR count). The van der Waals surface area contributed by atoms with E-state index >= 15 is 0 Å². The Morgan fingerprint density at radius 2 is 1.43 bits per heavy atom. The highest BCUT2D eigenvalue weighted by atomic mass is 16.4. The van der Waals surface area contributed by atoms with Gasteiger partial charge in [-0.3, -0.25) is 0 Å². The maximum absolute atomic E-state index is 10.2. The standard InChI is InChI=1S/C20H36O3/c1-2-3-4-13-16-19(21)17-14-11-9-7-5-6-8-10-12-15-18-20(22)23/h10,12,15,18-19,21H,2-9,11,13-14,16-17H2,1H3,(H,22,23)/b12-10+,18-15-. The molecule has 3 nitrogen and oxygen atoms in total. The third-order valence-electron chi connectivity index (χ3n) is 4.04. The summed E-state index contributed by atoms with van der Waals surface area (Å²) in [6.07, 6.45) is 21.7. The number of carboxylic acids is 1. The first kappa shape index (κ1) is 21.9. The second kappa shape index (κ2) is 17.3. The van der Waals surface area contributed by atoms with Crippen LogP contribution in [0.1, 0.15) is 90.4 Å². The van der Waals surface area contributed by atoms with Gasteiger partial charge < -0.3 is 10.2 Å². The summed E-state index contributed by atoms with van der Waals surface area (Å²) in [7, 11) is 0. The first-order chi connectivity index (χ1) is 11.2. The largest absolute Gasteiger partial charge is 0.478 e. The van der Waals surface area contributed by atoms with E-state index in [1.165, 1.54) is 51.4 Å². The molecule has 0 heterocycles. The summed E-state index contributed by atoms with van der Waals surface area (Å²) in [5.41, 5.74) is 0. The molecule has 23 heavy (non-hydrogen) atoms.